The first-order valence-corrected chi connectivity index (χ1v) is 9.73. The number of nitriles is 1. The van der Waals surface area contributed by atoms with Crippen molar-refractivity contribution in [1.29, 1.82) is 5.26 Å². The SMILES string of the molecule is CCCn1c(-c2cccc(N)c2)c(C#N)c2cc(-c3cccc(OC)c3)ccc21. The van der Waals surface area contributed by atoms with Crippen LogP contribution in [0.4, 0.5) is 5.69 Å². The van der Waals surface area contributed by atoms with E-state index in [2.05, 4.69) is 41.8 Å². The monoisotopic (exact) mass is 381 g/mol. The molecule has 144 valence electrons. The molecule has 4 heteroatoms. The summed E-state index contributed by atoms with van der Waals surface area (Å²) in [5.74, 6) is 0.812. The third kappa shape index (κ3) is 3.32. The van der Waals surface area contributed by atoms with Gasteiger partial charge in [0.15, 0.2) is 0 Å². The Balaban J connectivity index is 1.99. The molecule has 0 fully saturated rings. The zero-order chi connectivity index (χ0) is 20.4. The van der Waals surface area contributed by atoms with Crippen molar-refractivity contribution in [1.82, 2.24) is 4.57 Å². The predicted molar refractivity (Wildman–Crippen MR) is 119 cm³/mol. The Morgan fingerprint density at radius 3 is 2.45 bits per heavy atom. The number of nitrogens with two attached hydrogens (primary N) is 1. The van der Waals surface area contributed by atoms with Gasteiger partial charge in [-0.25, -0.2) is 0 Å². The number of hydrogen-bond acceptors (Lipinski definition) is 3. The highest BCUT2D eigenvalue weighted by atomic mass is 16.5. The van der Waals surface area contributed by atoms with Gasteiger partial charge in [-0.15, -0.1) is 0 Å². The lowest BCUT2D eigenvalue weighted by atomic mass is 10.0. The Kier molecular flexibility index (Phi) is 4.97. The van der Waals surface area contributed by atoms with Gasteiger partial charge in [-0.2, -0.15) is 5.26 Å². The number of nitrogen functional groups attached to an aromatic ring is 1. The molecule has 2 N–H and O–H groups in total. The van der Waals surface area contributed by atoms with E-state index in [1.54, 1.807) is 7.11 Å². The standard InChI is InChI=1S/C25H23N3O/c1-3-12-28-24-11-10-18(17-6-5-9-21(14-17)29-2)15-22(24)23(16-26)25(28)19-7-4-8-20(27)13-19/h4-11,13-15H,3,12,27H2,1-2H3. The minimum atomic E-state index is 0.684. The van der Waals surface area contributed by atoms with Gasteiger partial charge >= 0.3 is 0 Å². The van der Waals surface area contributed by atoms with Crippen LogP contribution in [0.3, 0.4) is 0 Å². The molecule has 1 aromatic heterocycles. The van der Waals surface area contributed by atoms with Crippen LogP contribution in [-0.4, -0.2) is 11.7 Å². The first kappa shape index (κ1) is 18.6. The molecule has 0 amide bonds. The van der Waals surface area contributed by atoms with Crippen molar-refractivity contribution in [3.05, 3.63) is 72.3 Å². The zero-order valence-corrected chi connectivity index (χ0v) is 16.6. The average molecular weight is 381 g/mol. The van der Waals surface area contributed by atoms with E-state index in [-0.39, 0.29) is 0 Å². The minimum Gasteiger partial charge on any atom is -0.497 e. The first-order valence-electron chi connectivity index (χ1n) is 9.73. The molecule has 0 saturated carbocycles. The van der Waals surface area contributed by atoms with E-state index in [1.165, 1.54) is 0 Å². The fourth-order valence-electron chi connectivity index (χ4n) is 3.89. The van der Waals surface area contributed by atoms with Gasteiger partial charge < -0.3 is 15.0 Å². The molecule has 0 unspecified atom stereocenters. The van der Waals surface area contributed by atoms with Gasteiger partial charge in [0.25, 0.3) is 0 Å². The fraction of sp³-hybridized carbons (Fsp3) is 0.160. The average Bonchev–Trinajstić information content (AvgIpc) is 3.06. The zero-order valence-electron chi connectivity index (χ0n) is 16.6. The van der Waals surface area contributed by atoms with Crippen molar-refractivity contribution in [2.45, 2.75) is 19.9 Å². The molecule has 0 saturated heterocycles. The van der Waals surface area contributed by atoms with Crippen LogP contribution in [-0.2, 0) is 6.54 Å². The van der Waals surface area contributed by atoms with E-state index in [0.717, 1.165) is 52.0 Å². The number of ether oxygens (including phenoxy) is 1. The van der Waals surface area contributed by atoms with E-state index < -0.39 is 0 Å². The molecule has 0 aliphatic rings. The molecule has 4 aromatic rings. The lowest BCUT2D eigenvalue weighted by Crippen LogP contribution is -2.00. The number of aromatic nitrogens is 1. The Labute approximate surface area is 170 Å². The molecule has 0 spiro atoms. The first-order chi connectivity index (χ1) is 14.2. The summed E-state index contributed by atoms with van der Waals surface area (Å²) in [5.41, 5.74) is 12.5. The van der Waals surface area contributed by atoms with Crippen molar-refractivity contribution in [2.75, 3.05) is 12.8 Å². The second-order valence-electron chi connectivity index (χ2n) is 7.08. The Hall–Kier alpha value is -3.71. The molecule has 0 aliphatic carbocycles. The van der Waals surface area contributed by atoms with Crippen molar-refractivity contribution < 1.29 is 4.74 Å². The smallest absolute Gasteiger partial charge is 0.119 e. The van der Waals surface area contributed by atoms with Crippen molar-refractivity contribution >= 4 is 16.6 Å². The molecule has 0 atom stereocenters. The molecule has 29 heavy (non-hydrogen) atoms. The van der Waals surface area contributed by atoms with Crippen LogP contribution in [0.2, 0.25) is 0 Å². The Bertz CT molecular complexity index is 1230. The van der Waals surface area contributed by atoms with Crippen LogP contribution in [0, 0.1) is 11.3 Å². The highest BCUT2D eigenvalue weighted by Crippen LogP contribution is 2.37. The molecule has 4 nitrogen and oxygen atoms in total. The molecule has 4 rings (SSSR count). The highest BCUT2D eigenvalue weighted by molar-refractivity contribution is 5.97. The number of hydrogen-bond donors (Lipinski definition) is 1. The van der Waals surface area contributed by atoms with E-state index in [0.29, 0.717) is 11.3 Å². The van der Waals surface area contributed by atoms with Gasteiger partial charge in [0.2, 0.25) is 0 Å². The number of fused-ring (bicyclic) bond motifs is 1. The van der Waals surface area contributed by atoms with Crippen LogP contribution in [0.5, 0.6) is 5.75 Å². The summed E-state index contributed by atoms with van der Waals surface area (Å²) in [6.07, 6.45) is 0.974. The number of nitrogens with zero attached hydrogens (tertiary/aromatic N) is 2. The number of rotatable bonds is 5. The molecule has 3 aromatic carbocycles. The van der Waals surface area contributed by atoms with Gasteiger partial charge in [-0.1, -0.05) is 37.3 Å². The normalized spacial score (nSPS) is 10.8. The van der Waals surface area contributed by atoms with Gasteiger partial charge in [0, 0.05) is 28.7 Å². The predicted octanol–water partition coefficient (Wildman–Crippen LogP) is 5.85. The summed E-state index contributed by atoms with van der Waals surface area (Å²) in [6, 6.07) is 24.5. The number of methoxy groups -OCH3 is 1. The fourth-order valence-corrected chi connectivity index (χ4v) is 3.89. The van der Waals surface area contributed by atoms with Crippen LogP contribution in [0.15, 0.2) is 66.7 Å². The minimum absolute atomic E-state index is 0.684. The summed E-state index contributed by atoms with van der Waals surface area (Å²) in [4.78, 5) is 0. The van der Waals surface area contributed by atoms with Gasteiger partial charge in [-0.05, 0) is 53.9 Å². The topological polar surface area (TPSA) is 64.0 Å². The lowest BCUT2D eigenvalue weighted by Gasteiger charge is -2.11. The summed E-state index contributed by atoms with van der Waals surface area (Å²) in [7, 11) is 1.67. The van der Waals surface area contributed by atoms with Crippen molar-refractivity contribution in [2.24, 2.45) is 0 Å². The molecule has 0 radical (unpaired) electrons. The van der Waals surface area contributed by atoms with E-state index in [9.17, 15) is 5.26 Å². The summed E-state index contributed by atoms with van der Waals surface area (Å²) >= 11 is 0. The highest BCUT2D eigenvalue weighted by Gasteiger charge is 2.19. The number of aryl methyl sites for hydroxylation is 1. The quantitative estimate of drug-likeness (QED) is 0.441. The Morgan fingerprint density at radius 1 is 0.966 bits per heavy atom. The van der Waals surface area contributed by atoms with Crippen LogP contribution < -0.4 is 10.5 Å². The second kappa shape index (κ2) is 7.73. The second-order valence-corrected chi connectivity index (χ2v) is 7.08. The van der Waals surface area contributed by atoms with E-state index >= 15 is 0 Å². The van der Waals surface area contributed by atoms with E-state index in [1.807, 2.05) is 42.5 Å². The number of anilines is 1. The Morgan fingerprint density at radius 2 is 1.72 bits per heavy atom. The van der Waals surface area contributed by atoms with Gasteiger partial charge in [0.05, 0.1) is 18.4 Å². The summed E-state index contributed by atoms with van der Waals surface area (Å²) in [6.45, 7) is 2.98. The molecule has 0 aliphatic heterocycles. The maximum atomic E-state index is 10.1. The van der Waals surface area contributed by atoms with Crippen LogP contribution in [0.25, 0.3) is 33.3 Å². The van der Waals surface area contributed by atoms with Crippen LogP contribution in [0.1, 0.15) is 18.9 Å². The number of benzene rings is 3. The molecular weight excluding hydrogens is 358 g/mol. The van der Waals surface area contributed by atoms with Gasteiger partial charge in [0.1, 0.15) is 11.8 Å². The largest absolute Gasteiger partial charge is 0.497 e. The third-order valence-electron chi connectivity index (χ3n) is 5.19. The summed E-state index contributed by atoms with van der Waals surface area (Å²) in [5, 5.41) is 11.0. The van der Waals surface area contributed by atoms with Gasteiger partial charge in [-0.3, -0.25) is 0 Å². The molecule has 1 heterocycles. The molecule has 0 bridgehead atoms. The van der Waals surface area contributed by atoms with Crippen LogP contribution >= 0.6 is 0 Å². The summed E-state index contributed by atoms with van der Waals surface area (Å²) < 4.78 is 7.60. The van der Waals surface area contributed by atoms with Crippen molar-refractivity contribution in [3.63, 3.8) is 0 Å². The lowest BCUT2D eigenvalue weighted by molar-refractivity contribution is 0.415. The molecular formula is C25H23N3O. The maximum Gasteiger partial charge on any atom is 0.119 e. The van der Waals surface area contributed by atoms with E-state index in [4.69, 9.17) is 10.5 Å². The maximum absolute atomic E-state index is 10.1. The third-order valence-corrected chi connectivity index (χ3v) is 5.19. The van der Waals surface area contributed by atoms with Crippen molar-refractivity contribution in [3.8, 4) is 34.2 Å².